The second kappa shape index (κ2) is 10.2. The number of fused-ring (bicyclic) bond motifs is 1. The Morgan fingerprint density at radius 1 is 1.05 bits per heavy atom. The van der Waals surface area contributed by atoms with Crippen LogP contribution in [-0.2, 0) is 6.61 Å². The summed E-state index contributed by atoms with van der Waals surface area (Å²) in [6.45, 7) is 0.0224. The van der Waals surface area contributed by atoms with Crippen LogP contribution < -0.4 is 15.0 Å². The lowest BCUT2D eigenvalue weighted by Gasteiger charge is -2.23. The van der Waals surface area contributed by atoms with Crippen molar-refractivity contribution in [1.82, 2.24) is 14.6 Å². The van der Waals surface area contributed by atoms with Crippen molar-refractivity contribution in [3.05, 3.63) is 81.8 Å². The predicted molar refractivity (Wildman–Crippen MR) is 131 cm³/mol. The summed E-state index contributed by atoms with van der Waals surface area (Å²) in [4.78, 5) is 29.6. The molecule has 5 rings (SSSR count). The maximum Gasteiger partial charge on any atom is 0.573 e. The van der Waals surface area contributed by atoms with Crippen LogP contribution in [0.5, 0.6) is 11.5 Å². The maximum absolute atomic E-state index is 13.5. The number of nitrogens with zero attached hydrogens (tertiary/aromatic N) is 2. The van der Waals surface area contributed by atoms with E-state index < -0.39 is 12.3 Å². The molecule has 1 saturated carbocycles. The maximum atomic E-state index is 13.5. The van der Waals surface area contributed by atoms with Crippen molar-refractivity contribution in [2.45, 2.75) is 51.0 Å². The number of nitrogens with one attached hydrogen (secondary N) is 1. The van der Waals surface area contributed by atoms with E-state index in [1.165, 1.54) is 28.8 Å². The van der Waals surface area contributed by atoms with Crippen molar-refractivity contribution >= 4 is 11.6 Å². The highest BCUT2D eigenvalue weighted by atomic mass is 19.4. The first-order valence-electron chi connectivity index (χ1n) is 12.1. The zero-order valence-electron chi connectivity index (χ0n) is 20.1. The standard InChI is InChI=1S/C27H24F3N3O5/c28-27(29,30)38-20-8-4-5-16(13-20)15-37-19-11-9-18(10-12-19)24-23(17-6-2-1-3-7-17)25(34)33-22(31-24)14-21(32-33)26(35)36/h4-5,8-14,17,32H,1-3,6-7,15H2,(H,35,36). The van der Waals surface area contributed by atoms with Gasteiger partial charge in [0.2, 0.25) is 0 Å². The quantitative estimate of drug-likeness (QED) is 0.309. The van der Waals surface area contributed by atoms with Gasteiger partial charge >= 0.3 is 12.3 Å². The van der Waals surface area contributed by atoms with Gasteiger partial charge in [-0.1, -0.05) is 31.4 Å². The third kappa shape index (κ3) is 5.51. The molecule has 1 aliphatic rings. The molecular weight excluding hydrogens is 503 g/mol. The molecule has 8 nitrogen and oxygen atoms in total. The van der Waals surface area contributed by atoms with E-state index in [2.05, 4.69) is 14.8 Å². The SMILES string of the molecule is O=C(O)c1cc2nc(-c3ccc(OCc4cccc(OC(F)(F)F)c4)cc3)c(C3CCCCC3)c(=O)n2[nH]1. The molecule has 0 saturated heterocycles. The van der Waals surface area contributed by atoms with Crippen molar-refractivity contribution in [2.75, 3.05) is 0 Å². The molecule has 0 spiro atoms. The molecule has 2 aromatic carbocycles. The number of halogens is 3. The van der Waals surface area contributed by atoms with Gasteiger partial charge in [-0.05, 0) is 60.7 Å². The van der Waals surface area contributed by atoms with E-state index >= 15 is 0 Å². The summed E-state index contributed by atoms with van der Waals surface area (Å²) < 4.78 is 48.3. The summed E-state index contributed by atoms with van der Waals surface area (Å²) in [5.41, 5.74) is 2.00. The van der Waals surface area contributed by atoms with Gasteiger partial charge in [-0.25, -0.2) is 14.3 Å². The third-order valence-corrected chi connectivity index (χ3v) is 6.56. The minimum Gasteiger partial charge on any atom is -0.489 e. The van der Waals surface area contributed by atoms with Crippen LogP contribution in [0, 0.1) is 0 Å². The zero-order valence-corrected chi connectivity index (χ0v) is 20.1. The van der Waals surface area contributed by atoms with Crippen LogP contribution in [0.3, 0.4) is 0 Å². The van der Waals surface area contributed by atoms with Crippen LogP contribution in [-0.4, -0.2) is 32.0 Å². The highest BCUT2D eigenvalue weighted by Crippen LogP contribution is 2.36. The van der Waals surface area contributed by atoms with Crippen LogP contribution in [0.1, 0.15) is 59.6 Å². The number of ether oxygens (including phenoxy) is 2. The second-order valence-corrected chi connectivity index (χ2v) is 9.19. The Morgan fingerprint density at radius 3 is 2.47 bits per heavy atom. The fraction of sp³-hybridized carbons (Fsp3) is 0.296. The Morgan fingerprint density at radius 2 is 1.79 bits per heavy atom. The number of benzene rings is 2. The molecule has 2 heterocycles. The molecule has 38 heavy (non-hydrogen) atoms. The summed E-state index contributed by atoms with van der Waals surface area (Å²) in [7, 11) is 0. The highest BCUT2D eigenvalue weighted by molar-refractivity contribution is 5.86. The number of aromatic carboxylic acids is 1. The number of H-pyrrole nitrogens is 1. The van der Waals surface area contributed by atoms with Crippen LogP contribution in [0.25, 0.3) is 16.9 Å². The van der Waals surface area contributed by atoms with Crippen LogP contribution in [0.2, 0.25) is 0 Å². The molecular formula is C27H24F3N3O5. The topological polar surface area (TPSA) is 106 Å². The first kappa shape index (κ1) is 25.4. The first-order valence-corrected chi connectivity index (χ1v) is 12.1. The molecule has 1 fully saturated rings. The van der Waals surface area contributed by atoms with E-state index in [0.29, 0.717) is 28.1 Å². The predicted octanol–water partition coefficient (Wildman–Crippen LogP) is 5.91. The average Bonchev–Trinajstić information content (AvgIpc) is 3.33. The summed E-state index contributed by atoms with van der Waals surface area (Å²) in [6.07, 6.45) is 0.0208. The number of aromatic nitrogens is 3. The van der Waals surface area contributed by atoms with Gasteiger partial charge in [0, 0.05) is 17.2 Å². The zero-order chi connectivity index (χ0) is 26.9. The van der Waals surface area contributed by atoms with Gasteiger partial charge in [0.1, 0.15) is 23.8 Å². The molecule has 198 valence electrons. The number of carboxylic acids is 1. The molecule has 1 aliphatic carbocycles. The molecule has 2 N–H and O–H groups in total. The molecule has 4 aromatic rings. The third-order valence-electron chi connectivity index (χ3n) is 6.56. The van der Waals surface area contributed by atoms with Gasteiger partial charge in [-0.3, -0.25) is 9.89 Å². The van der Waals surface area contributed by atoms with E-state index in [0.717, 1.165) is 32.1 Å². The number of aromatic amines is 1. The Bertz CT molecular complexity index is 1520. The van der Waals surface area contributed by atoms with Gasteiger partial charge in [-0.2, -0.15) is 0 Å². The van der Waals surface area contributed by atoms with E-state index in [-0.39, 0.29) is 35.2 Å². The molecule has 0 bridgehead atoms. The molecule has 0 unspecified atom stereocenters. The Kier molecular flexibility index (Phi) is 6.83. The average molecular weight is 527 g/mol. The van der Waals surface area contributed by atoms with Gasteiger partial charge in [-0.15, -0.1) is 13.2 Å². The van der Waals surface area contributed by atoms with Crippen molar-refractivity contribution in [2.24, 2.45) is 0 Å². The number of rotatable bonds is 7. The van der Waals surface area contributed by atoms with Crippen molar-refractivity contribution in [3.63, 3.8) is 0 Å². The van der Waals surface area contributed by atoms with Crippen molar-refractivity contribution in [3.8, 4) is 22.8 Å². The van der Waals surface area contributed by atoms with Gasteiger partial charge in [0.05, 0.1) is 5.69 Å². The van der Waals surface area contributed by atoms with Crippen LogP contribution >= 0.6 is 0 Å². The highest BCUT2D eigenvalue weighted by Gasteiger charge is 2.31. The normalized spacial score (nSPS) is 14.5. The first-order chi connectivity index (χ1) is 18.2. The largest absolute Gasteiger partial charge is 0.573 e. The molecule has 11 heteroatoms. The molecule has 0 amide bonds. The molecule has 0 aliphatic heterocycles. The second-order valence-electron chi connectivity index (χ2n) is 9.19. The van der Waals surface area contributed by atoms with Gasteiger partial charge in [0.15, 0.2) is 5.65 Å². The van der Waals surface area contributed by atoms with E-state index in [4.69, 9.17) is 4.74 Å². The van der Waals surface area contributed by atoms with Crippen LogP contribution in [0.4, 0.5) is 13.2 Å². The Labute approximate surface area is 214 Å². The number of carbonyl (C=O) groups is 1. The fourth-order valence-corrected chi connectivity index (χ4v) is 4.83. The number of carboxylic acid groups (broad SMARTS) is 1. The van der Waals surface area contributed by atoms with Crippen molar-refractivity contribution in [1.29, 1.82) is 0 Å². The summed E-state index contributed by atoms with van der Waals surface area (Å²) in [6, 6.07) is 13.8. The summed E-state index contributed by atoms with van der Waals surface area (Å²) in [5.74, 6) is -1.03. The monoisotopic (exact) mass is 527 g/mol. The minimum absolute atomic E-state index is 0.00866. The van der Waals surface area contributed by atoms with Crippen molar-refractivity contribution < 1.29 is 32.5 Å². The van der Waals surface area contributed by atoms with E-state index in [9.17, 15) is 27.9 Å². The van der Waals surface area contributed by atoms with Gasteiger partial charge in [0.25, 0.3) is 5.56 Å². The molecule has 0 atom stereocenters. The molecule has 0 radical (unpaired) electrons. The molecule has 2 aromatic heterocycles. The lowest BCUT2D eigenvalue weighted by molar-refractivity contribution is -0.274. The number of hydrogen-bond acceptors (Lipinski definition) is 5. The Balaban J connectivity index is 1.42. The lowest BCUT2D eigenvalue weighted by atomic mass is 9.83. The Hall–Kier alpha value is -4.28. The minimum atomic E-state index is -4.78. The fourth-order valence-electron chi connectivity index (χ4n) is 4.83. The lowest BCUT2D eigenvalue weighted by Crippen LogP contribution is -2.25. The smallest absolute Gasteiger partial charge is 0.489 e. The van der Waals surface area contributed by atoms with E-state index in [1.807, 2.05) is 0 Å². The summed E-state index contributed by atoms with van der Waals surface area (Å²) >= 11 is 0. The number of hydrogen-bond donors (Lipinski definition) is 2. The van der Waals surface area contributed by atoms with Gasteiger partial charge < -0.3 is 14.6 Å². The number of alkyl halides is 3. The van der Waals surface area contributed by atoms with E-state index in [1.54, 1.807) is 30.3 Å². The van der Waals surface area contributed by atoms with Crippen LogP contribution in [0.15, 0.2) is 59.4 Å². The summed E-state index contributed by atoms with van der Waals surface area (Å²) in [5, 5.41) is 12.0.